The van der Waals surface area contributed by atoms with Gasteiger partial charge in [-0.15, -0.1) is 10.2 Å². The van der Waals surface area contributed by atoms with E-state index < -0.39 is 11.7 Å². The largest absolute Gasteiger partial charge is 0.420 e. The van der Waals surface area contributed by atoms with Crippen molar-refractivity contribution >= 4 is 5.65 Å². The third-order valence-electron chi connectivity index (χ3n) is 2.66. The summed E-state index contributed by atoms with van der Waals surface area (Å²) in [6.45, 7) is 0. The first-order chi connectivity index (χ1) is 9.07. The molecule has 3 aromatic rings. The van der Waals surface area contributed by atoms with E-state index in [2.05, 4.69) is 15.2 Å². The molecule has 7 heteroatoms. The standard InChI is InChI=1S/C12H7F3N4/c13-12(14,15)9-4-2-6-19-10(17-18-11(9)19)8-3-1-5-16-7-8/h1-7H. The van der Waals surface area contributed by atoms with Gasteiger partial charge in [0.2, 0.25) is 0 Å². The highest BCUT2D eigenvalue weighted by atomic mass is 19.4. The fourth-order valence-electron chi connectivity index (χ4n) is 1.83. The third-order valence-corrected chi connectivity index (χ3v) is 2.66. The van der Waals surface area contributed by atoms with Gasteiger partial charge < -0.3 is 0 Å². The highest BCUT2D eigenvalue weighted by molar-refractivity contribution is 5.60. The van der Waals surface area contributed by atoms with Gasteiger partial charge in [0, 0.05) is 24.2 Å². The molecule has 3 rings (SSSR count). The molecule has 3 aromatic heterocycles. The van der Waals surface area contributed by atoms with Gasteiger partial charge in [-0.3, -0.25) is 9.38 Å². The topological polar surface area (TPSA) is 43.1 Å². The summed E-state index contributed by atoms with van der Waals surface area (Å²) >= 11 is 0. The van der Waals surface area contributed by atoms with Crippen LogP contribution in [0.3, 0.4) is 0 Å². The Morgan fingerprint density at radius 3 is 2.58 bits per heavy atom. The van der Waals surface area contributed by atoms with Gasteiger partial charge in [-0.1, -0.05) is 0 Å². The molecule has 0 aliphatic rings. The lowest BCUT2D eigenvalue weighted by atomic mass is 10.2. The number of rotatable bonds is 1. The maximum absolute atomic E-state index is 12.8. The lowest BCUT2D eigenvalue weighted by molar-refractivity contribution is -0.136. The summed E-state index contributed by atoms with van der Waals surface area (Å²) in [6.07, 6.45) is 0.138. The molecule has 0 radical (unpaired) electrons. The number of alkyl halides is 3. The van der Waals surface area contributed by atoms with E-state index in [-0.39, 0.29) is 5.65 Å². The van der Waals surface area contributed by atoms with E-state index >= 15 is 0 Å². The molecule has 0 unspecified atom stereocenters. The van der Waals surface area contributed by atoms with Gasteiger partial charge >= 0.3 is 6.18 Å². The zero-order valence-corrected chi connectivity index (χ0v) is 9.46. The van der Waals surface area contributed by atoms with E-state index in [1.165, 1.54) is 22.9 Å². The Hall–Kier alpha value is -2.44. The number of hydrogen-bond acceptors (Lipinski definition) is 3. The number of nitrogens with zero attached hydrogens (tertiary/aromatic N) is 4. The molecule has 0 fully saturated rings. The molecule has 96 valence electrons. The summed E-state index contributed by atoms with van der Waals surface area (Å²) < 4.78 is 39.8. The van der Waals surface area contributed by atoms with Crippen LogP contribution in [-0.4, -0.2) is 19.6 Å². The summed E-state index contributed by atoms with van der Waals surface area (Å²) in [6, 6.07) is 5.70. The predicted octanol–water partition coefficient (Wildman–Crippen LogP) is 2.81. The minimum absolute atomic E-state index is 0.214. The van der Waals surface area contributed by atoms with Crippen molar-refractivity contribution in [2.24, 2.45) is 0 Å². The van der Waals surface area contributed by atoms with E-state index in [1.54, 1.807) is 18.3 Å². The average molecular weight is 264 g/mol. The molecule has 19 heavy (non-hydrogen) atoms. The van der Waals surface area contributed by atoms with Crippen LogP contribution in [0.4, 0.5) is 13.2 Å². The Kier molecular flexibility index (Phi) is 2.48. The van der Waals surface area contributed by atoms with Crippen LogP contribution >= 0.6 is 0 Å². The van der Waals surface area contributed by atoms with E-state index in [0.29, 0.717) is 11.4 Å². The summed E-state index contributed by atoms with van der Waals surface area (Å²) in [5, 5.41) is 7.44. The molecular formula is C12H7F3N4. The summed E-state index contributed by atoms with van der Waals surface area (Å²) in [5.74, 6) is 0.328. The van der Waals surface area contributed by atoms with Crippen molar-refractivity contribution in [3.8, 4) is 11.4 Å². The van der Waals surface area contributed by atoms with Crippen molar-refractivity contribution in [1.29, 1.82) is 0 Å². The maximum Gasteiger partial charge on any atom is 0.420 e. The first kappa shape index (κ1) is 11.6. The van der Waals surface area contributed by atoms with Gasteiger partial charge in [0.25, 0.3) is 0 Å². The molecule has 0 spiro atoms. The van der Waals surface area contributed by atoms with E-state index in [4.69, 9.17) is 0 Å². The van der Waals surface area contributed by atoms with Crippen LogP contribution in [-0.2, 0) is 6.18 Å². The predicted molar refractivity (Wildman–Crippen MR) is 61.2 cm³/mol. The number of hydrogen-bond donors (Lipinski definition) is 0. The average Bonchev–Trinajstić information content (AvgIpc) is 2.82. The van der Waals surface area contributed by atoms with Crippen molar-refractivity contribution in [2.75, 3.05) is 0 Å². The van der Waals surface area contributed by atoms with Gasteiger partial charge in [-0.05, 0) is 24.3 Å². The van der Waals surface area contributed by atoms with Crippen LogP contribution in [0, 0.1) is 0 Å². The van der Waals surface area contributed by atoms with E-state index in [1.807, 2.05) is 0 Å². The van der Waals surface area contributed by atoms with Crippen LogP contribution in [0.2, 0.25) is 0 Å². The number of halogens is 3. The molecule has 0 N–H and O–H groups in total. The molecule has 0 aromatic carbocycles. The molecule has 0 saturated heterocycles. The van der Waals surface area contributed by atoms with Crippen molar-refractivity contribution in [2.45, 2.75) is 6.18 Å². The molecule has 0 amide bonds. The minimum Gasteiger partial charge on any atom is -0.282 e. The quantitative estimate of drug-likeness (QED) is 0.678. The van der Waals surface area contributed by atoms with Crippen molar-refractivity contribution in [3.63, 3.8) is 0 Å². The van der Waals surface area contributed by atoms with Crippen LogP contribution in [0.15, 0.2) is 42.9 Å². The Balaban J connectivity index is 2.26. The summed E-state index contributed by atoms with van der Waals surface area (Å²) in [5.41, 5.74) is -0.416. The van der Waals surface area contributed by atoms with Crippen LogP contribution in [0.5, 0.6) is 0 Å². The highest BCUT2D eigenvalue weighted by Gasteiger charge is 2.34. The SMILES string of the molecule is FC(F)(F)c1cccn2c(-c3cccnc3)nnc12. The van der Waals surface area contributed by atoms with Crippen molar-refractivity contribution in [1.82, 2.24) is 19.6 Å². The highest BCUT2D eigenvalue weighted by Crippen LogP contribution is 2.32. The van der Waals surface area contributed by atoms with Gasteiger partial charge in [-0.25, -0.2) is 0 Å². The smallest absolute Gasteiger partial charge is 0.282 e. The van der Waals surface area contributed by atoms with Crippen molar-refractivity contribution in [3.05, 3.63) is 48.4 Å². The van der Waals surface area contributed by atoms with Gasteiger partial charge in [0.05, 0.1) is 0 Å². The van der Waals surface area contributed by atoms with Gasteiger partial charge in [0.1, 0.15) is 5.56 Å². The molecule has 4 nitrogen and oxygen atoms in total. The van der Waals surface area contributed by atoms with Crippen LogP contribution < -0.4 is 0 Å². The van der Waals surface area contributed by atoms with Gasteiger partial charge in [-0.2, -0.15) is 13.2 Å². The second-order valence-electron chi connectivity index (χ2n) is 3.88. The fourth-order valence-corrected chi connectivity index (χ4v) is 1.83. The maximum atomic E-state index is 12.8. The third kappa shape index (κ3) is 1.92. The number of fused-ring (bicyclic) bond motifs is 1. The minimum atomic E-state index is -4.46. The molecule has 3 heterocycles. The van der Waals surface area contributed by atoms with Crippen LogP contribution in [0.25, 0.3) is 17.0 Å². The van der Waals surface area contributed by atoms with E-state index in [0.717, 1.165) is 6.07 Å². The first-order valence-corrected chi connectivity index (χ1v) is 5.39. The molecular weight excluding hydrogens is 257 g/mol. The molecule has 0 atom stereocenters. The van der Waals surface area contributed by atoms with E-state index in [9.17, 15) is 13.2 Å². The summed E-state index contributed by atoms with van der Waals surface area (Å²) in [4.78, 5) is 3.92. The molecule has 0 bridgehead atoms. The Morgan fingerprint density at radius 2 is 1.89 bits per heavy atom. The zero-order chi connectivity index (χ0) is 13.5. The Labute approximate surface area is 105 Å². The molecule has 0 aliphatic heterocycles. The zero-order valence-electron chi connectivity index (χ0n) is 9.46. The second kappa shape index (κ2) is 4.04. The molecule has 0 aliphatic carbocycles. The fraction of sp³-hybridized carbons (Fsp3) is 0.0833. The molecule has 0 saturated carbocycles. The Morgan fingerprint density at radius 1 is 1.05 bits per heavy atom. The lowest BCUT2D eigenvalue weighted by Crippen LogP contribution is -2.07. The number of aromatic nitrogens is 4. The van der Waals surface area contributed by atoms with Crippen molar-refractivity contribution < 1.29 is 13.2 Å². The summed E-state index contributed by atoms with van der Waals surface area (Å²) in [7, 11) is 0. The van der Waals surface area contributed by atoms with Gasteiger partial charge in [0.15, 0.2) is 11.5 Å². The Bertz CT molecular complexity index is 719. The number of pyridine rings is 2. The lowest BCUT2D eigenvalue weighted by Gasteiger charge is -2.07. The second-order valence-corrected chi connectivity index (χ2v) is 3.88. The normalized spacial score (nSPS) is 11.9. The van der Waals surface area contributed by atoms with Crippen LogP contribution in [0.1, 0.15) is 5.56 Å². The monoisotopic (exact) mass is 264 g/mol. The first-order valence-electron chi connectivity index (χ1n) is 5.39.